The summed E-state index contributed by atoms with van der Waals surface area (Å²) in [5.41, 5.74) is 0.281. The van der Waals surface area contributed by atoms with Gasteiger partial charge in [-0.3, -0.25) is 0 Å². The third-order valence-corrected chi connectivity index (χ3v) is 6.29. The van der Waals surface area contributed by atoms with E-state index in [9.17, 15) is 18.8 Å². The number of hydrogen-bond acceptors (Lipinski definition) is 10. The molecule has 0 bridgehead atoms. The van der Waals surface area contributed by atoms with Crippen molar-refractivity contribution in [2.45, 2.75) is 6.61 Å². The Morgan fingerprint density at radius 1 is 0.974 bits per heavy atom. The Bertz CT molecular complexity index is 1380. The zero-order chi connectivity index (χ0) is 27.2. The average molecular weight is 547 g/mol. The maximum atomic E-state index is 14.8. The number of benzene rings is 2. The zero-order valence-electron chi connectivity index (χ0n) is 20.5. The summed E-state index contributed by atoms with van der Waals surface area (Å²) in [6.45, 7) is 0.889. The lowest BCUT2D eigenvalue weighted by molar-refractivity contribution is 0.0561. The van der Waals surface area contributed by atoms with Crippen LogP contribution in [0.4, 0.5) is 20.6 Å². The van der Waals surface area contributed by atoms with Crippen molar-refractivity contribution >= 4 is 40.7 Å². The Balaban J connectivity index is 1.53. The van der Waals surface area contributed by atoms with Crippen molar-refractivity contribution in [2.24, 2.45) is 0 Å². The van der Waals surface area contributed by atoms with Crippen LogP contribution in [0.15, 0.2) is 35.7 Å². The van der Waals surface area contributed by atoms with Crippen molar-refractivity contribution < 1.29 is 47.2 Å². The van der Waals surface area contributed by atoms with Gasteiger partial charge in [0.05, 0.1) is 32.7 Å². The highest BCUT2D eigenvalue weighted by atomic mass is 32.1. The SMILES string of the molecule is COC(=O)c1scc(NC(=O)Nc2cc(OCc3cccc4c3OCCO4)c(OC)cc2F)c1C(=O)OC. The molecule has 0 fully saturated rings. The Morgan fingerprint density at radius 3 is 2.45 bits per heavy atom. The Kier molecular flexibility index (Phi) is 8.16. The Labute approximate surface area is 220 Å². The van der Waals surface area contributed by atoms with Gasteiger partial charge in [0.15, 0.2) is 28.8 Å². The highest BCUT2D eigenvalue weighted by Crippen LogP contribution is 2.37. The number of amides is 2. The molecule has 0 saturated carbocycles. The van der Waals surface area contributed by atoms with Crippen molar-refractivity contribution in [1.29, 1.82) is 0 Å². The number of methoxy groups -OCH3 is 3. The number of nitrogens with one attached hydrogen (secondary N) is 2. The zero-order valence-corrected chi connectivity index (χ0v) is 21.4. The molecule has 11 nitrogen and oxygen atoms in total. The fraction of sp³-hybridized carbons (Fsp3) is 0.240. The van der Waals surface area contributed by atoms with Crippen molar-refractivity contribution in [3.63, 3.8) is 0 Å². The number of fused-ring (bicyclic) bond motifs is 1. The van der Waals surface area contributed by atoms with Crippen molar-refractivity contribution in [1.82, 2.24) is 0 Å². The van der Waals surface area contributed by atoms with Crippen LogP contribution in [-0.2, 0) is 16.1 Å². The van der Waals surface area contributed by atoms with Crippen molar-refractivity contribution in [2.75, 3.05) is 45.2 Å². The van der Waals surface area contributed by atoms with E-state index in [1.54, 1.807) is 18.2 Å². The van der Waals surface area contributed by atoms with Gasteiger partial charge < -0.3 is 39.1 Å². The quantitative estimate of drug-likeness (QED) is 0.393. The third-order valence-electron chi connectivity index (χ3n) is 5.33. The molecule has 1 aliphatic heterocycles. The highest BCUT2D eigenvalue weighted by molar-refractivity contribution is 7.13. The number of carbonyl (C=O) groups is 3. The molecule has 2 amide bonds. The lowest BCUT2D eigenvalue weighted by atomic mass is 10.2. The first-order chi connectivity index (χ1) is 18.4. The van der Waals surface area contributed by atoms with Gasteiger partial charge in [0.25, 0.3) is 0 Å². The molecule has 0 atom stereocenters. The maximum Gasteiger partial charge on any atom is 0.349 e. The number of thiophene rings is 1. The van der Waals surface area contributed by atoms with E-state index >= 15 is 0 Å². The van der Waals surface area contributed by atoms with E-state index in [1.165, 1.54) is 18.6 Å². The molecular formula is C25H23FN2O9S. The summed E-state index contributed by atoms with van der Waals surface area (Å²) in [6, 6.07) is 6.81. The van der Waals surface area contributed by atoms with Gasteiger partial charge in [-0.2, -0.15) is 0 Å². The summed E-state index contributed by atoms with van der Waals surface area (Å²) in [6.07, 6.45) is 0. The first kappa shape index (κ1) is 26.5. The second-order valence-electron chi connectivity index (χ2n) is 7.63. The van der Waals surface area contributed by atoms with Gasteiger partial charge in [0, 0.05) is 23.1 Å². The summed E-state index contributed by atoms with van der Waals surface area (Å²) < 4.78 is 46.5. The molecule has 0 radical (unpaired) electrons. The number of hydrogen-bond donors (Lipinski definition) is 2. The molecule has 0 saturated heterocycles. The minimum atomic E-state index is -0.887. The van der Waals surface area contributed by atoms with E-state index in [-0.39, 0.29) is 39.9 Å². The number of para-hydroxylation sites is 1. The summed E-state index contributed by atoms with van der Waals surface area (Å²) in [5.74, 6) is -1.03. The molecule has 3 aromatic rings. The van der Waals surface area contributed by atoms with Gasteiger partial charge in [-0.05, 0) is 6.07 Å². The van der Waals surface area contributed by atoms with Crippen LogP contribution in [0.1, 0.15) is 25.6 Å². The molecule has 0 unspecified atom stereocenters. The molecule has 0 spiro atoms. The minimum Gasteiger partial charge on any atom is -0.493 e. The molecule has 200 valence electrons. The van der Waals surface area contributed by atoms with E-state index in [0.717, 1.165) is 31.6 Å². The standard InChI is InChI=1S/C25H23FN2O9S/c1-32-18-9-14(26)15(10-19(18)37-11-13-5-4-6-17-21(13)36-8-7-35-17)27-25(31)28-16-12-38-22(24(30)34-3)20(16)23(29)33-2/h4-6,9-10,12H,7-8,11H2,1-3H3,(H2,27,28,31). The molecule has 2 N–H and O–H groups in total. The highest BCUT2D eigenvalue weighted by Gasteiger charge is 2.26. The van der Waals surface area contributed by atoms with E-state index in [1.807, 2.05) is 0 Å². The van der Waals surface area contributed by atoms with Gasteiger partial charge in [0.1, 0.15) is 30.3 Å². The monoisotopic (exact) mass is 546 g/mol. The summed E-state index contributed by atoms with van der Waals surface area (Å²) in [7, 11) is 3.64. The number of halogens is 1. The van der Waals surface area contributed by atoms with Crippen LogP contribution in [0.5, 0.6) is 23.0 Å². The van der Waals surface area contributed by atoms with E-state index in [2.05, 4.69) is 15.4 Å². The van der Waals surface area contributed by atoms with Crippen LogP contribution >= 0.6 is 11.3 Å². The summed E-state index contributed by atoms with van der Waals surface area (Å²) in [5, 5.41) is 6.15. The second kappa shape index (κ2) is 11.7. The number of ether oxygens (including phenoxy) is 6. The molecule has 2 heterocycles. The van der Waals surface area contributed by atoms with Crippen LogP contribution < -0.4 is 29.6 Å². The number of urea groups is 1. The molecular weight excluding hydrogens is 523 g/mol. The number of anilines is 2. The lowest BCUT2D eigenvalue weighted by Crippen LogP contribution is -2.22. The number of esters is 2. The molecule has 2 aromatic carbocycles. The minimum absolute atomic E-state index is 0.0128. The predicted molar refractivity (Wildman–Crippen MR) is 134 cm³/mol. The first-order valence-electron chi connectivity index (χ1n) is 11.1. The third kappa shape index (κ3) is 5.57. The van der Waals surface area contributed by atoms with Crippen LogP contribution in [0.2, 0.25) is 0 Å². The predicted octanol–water partition coefficient (Wildman–Crippen LogP) is 4.46. The van der Waals surface area contributed by atoms with E-state index < -0.39 is 23.8 Å². The lowest BCUT2D eigenvalue weighted by Gasteiger charge is -2.21. The van der Waals surface area contributed by atoms with Crippen LogP contribution in [0.3, 0.4) is 0 Å². The van der Waals surface area contributed by atoms with Crippen molar-refractivity contribution in [3.8, 4) is 23.0 Å². The Hall–Kier alpha value is -4.52. The van der Waals surface area contributed by atoms with Gasteiger partial charge in [-0.25, -0.2) is 18.8 Å². The van der Waals surface area contributed by atoms with E-state index in [0.29, 0.717) is 30.3 Å². The maximum absolute atomic E-state index is 14.8. The smallest absolute Gasteiger partial charge is 0.349 e. The van der Waals surface area contributed by atoms with Crippen LogP contribution in [0.25, 0.3) is 0 Å². The molecule has 0 aliphatic carbocycles. The van der Waals surface area contributed by atoms with Gasteiger partial charge >= 0.3 is 18.0 Å². The van der Waals surface area contributed by atoms with E-state index in [4.69, 9.17) is 23.7 Å². The molecule has 1 aliphatic rings. The molecule has 1 aromatic heterocycles. The fourth-order valence-corrected chi connectivity index (χ4v) is 4.48. The normalized spacial score (nSPS) is 11.8. The first-order valence-corrected chi connectivity index (χ1v) is 12.0. The number of carbonyl (C=O) groups excluding carboxylic acids is 3. The van der Waals surface area contributed by atoms with Crippen molar-refractivity contribution in [3.05, 3.63) is 57.5 Å². The van der Waals surface area contributed by atoms with Crippen LogP contribution in [0, 0.1) is 5.82 Å². The Morgan fingerprint density at radius 2 is 1.71 bits per heavy atom. The fourth-order valence-electron chi connectivity index (χ4n) is 3.58. The molecule has 38 heavy (non-hydrogen) atoms. The summed E-state index contributed by atoms with van der Waals surface area (Å²) >= 11 is 0.878. The second-order valence-corrected chi connectivity index (χ2v) is 8.51. The average Bonchev–Trinajstić information content (AvgIpc) is 3.35. The van der Waals surface area contributed by atoms with Gasteiger partial charge in [-0.1, -0.05) is 12.1 Å². The molecule has 13 heteroatoms. The molecule has 4 rings (SSSR count). The van der Waals surface area contributed by atoms with Crippen LogP contribution in [-0.4, -0.2) is 52.5 Å². The largest absolute Gasteiger partial charge is 0.493 e. The topological polar surface area (TPSA) is 131 Å². The van der Waals surface area contributed by atoms with Gasteiger partial charge in [0.2, 0.25) is 0 Å². The number of rotatable bonds is 8. The van der Waals surface area contributed by atoms with Gasteiger partial charge in [-0.15, -0.1) is 11.3 Å². The summed E-state index contributed by atoms with van der Waals surface area (Å²) in [4.78, 5) is 36.9.